The van der Waals surface area contributed by atoms with Crippen LogP contribution < -0.4 is 5.32 Å². The SMILES string of the molecule is COCCN(CC(=O)N(CCc1c[nH]c2ccccc12)Cc1ccc(C)cc1)C(=O)Nc1cccc(Cl)c1Cl. The van der Waals surface area contributed by atoms with Gasteiger partial charge in [0.25, 0.3) is 0 Å². The Morgan fingerprint density at radius 1 is 0.949 bits per heavy atom. The van der Waals surface area contributed by atoms with Crippen molar-refractivity contribution in [2.75, 3.05) is 38.7 Å². The van der Waals surface area contributed by atoms with Gasteiger partial charge < -0.3 is 24.8 Å². The molecule has 1 heterocycles. The molecule has 0 unspecified atom stereocenters. The van der Waals surface area contributed by atoms with Gasteiger partial charge in [-0.25, -0.2) is 4.79 Å². The van der Waals surface area contributed by atoms with Crippen molar-refractivity contribution in [3.63, 3.8) is 0 Å². The molecule has 3 aromatic carbocycles. The smallest absolute Gasteiger partial charge is 0.322 e. The Balaban J connectivity index is 1.52. The second-order valence-electron chi connectivity index (χ2n) is 9.36. The Morgan fingerprint density at radius 3 is 2.49 bits per heavy atom. The number of aromatic amines is 1. The maximum Gasteiger partial charge on any atom is 0.322 e. The number of benzene rings is 3. The summed E-state index contributed by atoms with van der Waals surface area (Å²) >= 11 is 12.4. The number of amides is 3. The number of hydrogen-bond acceptors (Lipinski definition) is 3. The van der Waals surface area contributed by atoms with Gasteiger partial charge in [0.1, 0.15) is 6.54 Å². The number of carbonyl (C=O) groups is 2. The van der Waals surface area contributed by atoms with Crippen LogP contribution in [0, 0.1) is 6.92 Å². The number of carbonyl (C=O) groups excluding carboxylic acids is 2. The maximum absolute atomic E-state index is 13.7. The fourth-order valence-electron chi connectivity index (χ4n) is 4.31. The fraction of sp³-hybridized carbons (Fsp3) is 0.267. The molecule has 9 heteroatoms. The standard InChI is InChI=1S/C30H32Cl2N4O3/c1-21-10-12-22(13-11-21)19-35(15-14-23-18-33-26-8-4-3-6-24(23)26)28(37)20-36(16-17-39-2)30(38)34-27-9-5-7-25(31)29(27)32/h3-13,18,33H,14-17,19-20H2,1-2H3,(H,34,38). The normalized spacial score (nSPS) is 11.0. The van der Waals surface area contributed by atoms with Gasteiger partial charge in [0, 0.05) is 43.8 Å². The quantitative estimate of drug-likeness (QED) is 0.216. The summed E-state index contributed by atoms with van der Waals surface area (Å²) in [5.41, 5.74) is 4.74. The van der Waals surface area contributed by atoms with Crippen molar-refractivity contribution in [1.29, 1.82) is 0 Å². The van der Waals surface area contributed by atoms with Crippen LogP contribution in [0.2, 0.25) is 10.0 Å². The van der Waals surface area contributed by atoms with Crippen LogP contribution in [0.25, 0.3) is 10.9 Å². The van der Waals surface area contributed by atoms with Crippen molar-refractivity contribution in [3.05, 3.63) is 99.7 Å². The summed E-state index contributed by atoms with van der Waals surface area (Å²) in [5.74, 6) is -0.168. The van der Waals surface area contributed by atoms with Crippen LogP contribution in [0.1, 0.15) is 16.7 Å². The number of ether oxygens (including phenoxy) is 1. The minimum Gasteiger partial charge on any atom is -0.383 e. The second kappa shape index (κ2) is 13.5. The molecule has 0 aliphatic rings. The molecule has 0 saturated carbocycles. The monoisotopic (exact) mass is 566 g/mol. The lowest BCUT2D eigenvalue weighted by Crippen LogP contribution is -2.46. The number of aryl methyl sites for hydroxylation is 1. The van der Waals surface area contributed by atoms with Crippen LogP contribution in [0.3, 0.4) is 0 Å². The van der Waals surface area contributed by atoms with Crippen molar-refractivity contribution in [2.45, 2.75) is 19.9 Å². The number of aromatic nitrogens is 1. The van der Waals surface area contributed by atoms with E-state index in [1.165, 1.54) is 4.90 Å². The zero-order valence-electron chi connectivity index (χ0n) is 22.0. The van der Waals surface area contributed by atoms with Gasteiger partial charge in [-0.15, -0.1) is 0 Å². The van der Waals surface area contributed by atoms with E-state index in [0.29, 0.717) is 30.2 Å². The lowest BCUT2D eigenvalue weighted by Gasteiger charge is -2.28. The number of H-pyrrole nitrogens is 1. The van der Waals surface area contributed by atoms with Crippen molar-refractivity contribution < 1.29 is 14.3 Å². The Hall–Kier alpha value is -3.52. The summed E-state index contributed by atoms with van der Waals surface area (Å²) in [7, 11) is 1.55. The summed E-state index contributed by atoms with van der Waals surface area (Å²) in [4.78, 5) is 33.4. The van der Waals surface area contributed by atoms with E-state index in [4.69, 9.17) is 27.9 Å². The highest BCUT2D eigenvalue weighted by atomic mass is 35.5. The van der Waals surface area contributed by atoms with Crippen LogP contribution >= 0.6 is 23.2 Å². The van der Waals surface area contributed by atoms with Gasteiger partial charge in [0.2, 0.25) is 5.91 Å². The molecule has 0 aliphatic carbocycles. The summed E-state index contributed by atoms with van der Waals surface area (Å²) < 4.78 is 5.20. The zero-order chi connectivity index (χ0) is 27.8. The lowest BCUT2D eigenvalue weighted by molar-refractivity contribution is -0.132. The van der Waals surface area contributed by atoms with E-state index >= 15 is 0 Å². The molecule has 0 fully saturated rings. The van der Waals surface area contributed by atoms with Crippen LogP contribution in [0.4, 0.5) is 10.5 Å². The van der Waals surface area contributed by atoms with Crippen LogP contribution in [0.15, 0.2) is 72.9 Å². The predicted octanol–water partition coefficient (Wildman–Crippen LogP) is 6.53. The summed E-state index contributed by atoms with van der Waals surface area (Å²) in [6.07, 6.45) is 2.66. The number of methoxy groups -OCH3 is 1. The Bertz CT molecular complexity index is 1420. The number of fused-ring (bicyclic) bond motifs is 1. The van der Waals surface area contributed by atoms with E-state index in [2.05, 4.69) is 16.4 Å². The highest BCUT2D eigenvalue weighted by molar-refractivity contribution is 6.43. The van der Waals surface area contributed by atoms with Gasteiger partial charge in [-0.05, 0) is 42.7 Å². The first-order chi connectivity index (χ1) is 18.9. The van der Waals surface area contributed by atoms with Crippen molar-refractivity contribution in [2.24, 2.45) is 0 Å². The number of para-hydroxylation sites is 1. The summed E-state index contributed by atoms with van der Waals surface area (Å²) in [5, 5.41) is 4.48. The Labute approximate surface area is 238 Å². The fourth-order valence-corrected chi connectivity index (χ4v) is 4.66. The molecule has 3 amide bonds. The van der Waals surface area contributed by atoms with Gasteiger partial charge >= 0.3 is 6.03 Å². The van der Waals surface area contributed by atoms with Gasteiger partial charge in [-0.2, -0.15) is 0 Å². The predicted molar refractivity (Wildman–Crippen MR) is 158 cm³/mol. The topological polar surface area (TPSA) is 77.7 Å². The van der Waals surface area contributed by atoms with Crippen LogP contribution in [-0.4, -0.2) is 60.1 Å². The third-order valence-electron chi connectivity index (χ3n) is 6.54. The van der Waals surface area contributed by atoms with E-state index in [9.17, 15) is 9.59 Å². The largest absolute Gasteiger partial charge is 0.383 e. The van der Waals surface area contributed by atoms with E-state index in [1.54, 1.807) is 30.2 Å². The molecule has 4 rings (SSSR count). The molecule has 2 N–H and O–H groups in total. The Morgan fingerprint density at radius 2 is 1.72 bits per heavy atom. The minimum absolute atomic E-state index is 0.118. The summed E-state index contributed by atoms with van der Waals surface area (Å²) in [6.45, 7) is 3.34. The number of urea groups is 1. The molecular weight excluding hydrogens is 535 g/mol. The molecule has 0 spiro atoms. The van der Waals surface area contributed by atoms with E-state index < -0.39 is 6.03 Å². The van der Waals surface area contributed by atoms with Crippen molar-refractivity contribution >= 4 is 51.7 Å². The lowest BCUT2D eigenvalue weighted by atomic mass is 10.1. The van der Waals surface area contributed by atoms with Crippen LogP contribution in [0.5, 0.6) is 0 Å². The molecule has 0 aliphatic heterocycles. The minimum atomic E-state index is -0.462. The van der Waals surface area contributed by atoms with Gasteiger partial charge in [0.05, 0.1) is 22.3 Å². The first kappa shape index (κ1) is 28.5. The van der Waals surface area contributed by atoms with Crippen LogP contribution in [-0.2, 0) is 22.5 Å². The summed E-state index contributed by atoms with van der Waals surface area (Å²) in [6, 6.07) is 20.8. The number of nitrogens with one attached hydrogen (secondary N) is 2. The maximum atomic E-state index is 13.7. The number of nitrogens with zero attached hydrogens (tertiary/aromatic N) is 2. The average molecular weight is 568 g/mol. The molecule has 0 radical (unpaired) electrons. The number of hydrogen-bond donors (Lipinski definition) is 2. The van der Waals surface area contributed by atoms with E-state index in [0.717, 1.165) is 27.6 Å². The molecule has 0 saturated heterocycles. The average Bonchev–Trinajstić information content (AvgIpc) is 3.35. The highest BCUT2D eigenvalue weighted by Crippen LogP contribution is 2.29. The third-order valence-corrected chi connectivity index (χ3v) is 7.36. The molecule has 0 bridgehead atoms. The Kier molecular flexibility index (Phi) is 9.87. The zero-order valence-corrected chi connectivity index (χ0v) is 23.6. The van der Waals surface area contributed by atoms with E-state index in [-0.39, 0.29) is 30.6 Å². The molecular formula is C30H32Cl2N4O3. The number of halogens is 2. The van der Waals surface area contributed by atoms with Crippen molar-refractivity contribution in [3.8, 4) is 0 Å². The van der Waals surface area contributed by atoms with Gasteiger partial charge in [0.15, 0.2) is 0 Å². The molecule has 39 heavy (non-hydrogen) atoms. The molecule has 4 aromatic rings. The first-order valence-corrected chi connectivity index (χ1v) is 13.5. The second-order valence-corrected chi connectivity index (χ2v) is 10.1. The number of rotatable bonds is 11. The molecule has 0 atom stereocenters. The van der Waals surface area contributed by atoms with Crippen molar-refractivity contribution in [1.82, 2.24) is 14.8 Å². The van der Waals surface area contributed by atoms with E-state index in [1.807, 2.05) is 55.6 Å². The molecule has 7 nitrogen and oxygen atoms in total. The molecule has 204 valence electrons. The van der Waals surface area contributed by atoms with Gasteiger partial charge in [-0.3, -0.25) is 4.79 Å². The first-order valence-electron chi connectivity index (χ1n) is 12.7. The highest BCUT2D eigenvalue weighted by Gasteiger charge is 2.23. The van der Waals surface area contributed by atoms with Gasteiger partial charge in [-0.1, -0.05) is 77.3 Å². The number of anilines is 1. The third kappa shape index (κ3) is 7.53. The molecule has 1 aromatic heterocycles.